The number of nitrogens with zero attached hydrogens (tertiary/aromatic N) is 3. The molecular formula is C17H20N4O3S. The predicted molar refractivity (Wildman–Crippen MR) is 94.6 cm³/mol. The highest BCUT2D eigenvalue weighted by molar-refractivity contribution is 7.07. The second-order valence-electron chi connectivity index (χ2n) is 6.28. The number of fused-ring (bicyclic) bond motifs is 1. The van der Waals surface area contributed by atoms with Crippen LogP contribution in [0.3, 0.4) is 0 Å². The molecule has 1 fully saturated rings. The van der Waals surface area contributed by atoms with E-state index in [9.17, 15) is 4.79 Å². The summed E-state index contributed by atoms with van der Waals surface area (Å²) in [6, 6.07) is 6.09. The molecule has 0 aliphatic carbocycles. The van der Waals surface area contributed by atoms with Crippen LogP contribution in [0.1, 0.15) is 28.2 Å². The summed E-state index contributed by atoms with van der Waals surface area (Å²) in [4.78, 5) is 15.2. The lowest BCUT2D eigenvalue weighted by Gasteiger charge is -2.33. The van der Waals surface area contributed by atoms with Gasteiger partial charge in [0, 0.05) is 30.9 Å². The fourth-order valence-electron chi connectivity index (χ4n) is 3.22. The van der Waals surface area contributed by atoms with Gasteiger partial charge in [0.1, 0.15) is 18.1 Å². The molecule has 2 aromatic rings. The fourth-order valence-corrected chi connectivity index (χ4v) is 3.84. The number of rotatable bonds is 3. The Hall–Kier alpha value is -2.35. The summed E-state index contributed by atoms with van der Waals surface area (Å²) in [6.07, 6.45) is 2.00. The van der Waals surface area contributed by atoms with Crippen LogP contribution in [0.2, 0.25) is 0 Å². The quantitative estimate of drug-likeness (QED) is 0.905. The van der Waals surface area contributed by atoms with Gasteiger partial charge in [0.05, 0.1) is 5.69 Å². The first-order valence-corrected chi connectivity index (χ1v) is 9.22. The Bertz CT molecular complexity index is 779. The molecule has 4 rings (SSSR count). The SMILES string of the molecule is Cc1nnsc1C(=O)N1CCC[C@H](Nc2ccc3c(c2)OCCO3)C1. The molecule has 1 atom stereocenters. The number of piperidine rings is 1. The molecule has 0 unspecified atom stereocenters. The molecule has 1 N–H and O–H groups in total. The molecule has 8 heteroatoms. The third kappa shape index (κ3) is 3.39. The number of aryl methyl sites for hydroxylation is 1. The van der Waals surface area contributed by atoms with Crippen molar-refractivity contribution in [3.05, 3.63) is 28.8 Å². The summed E-state index contributed by atoms with van der Waals surface area (Å²) in [5.74, 6) is 1.58. The smallest absolute Gasteiger partial charge is 0.267 e. The van der Waals surface area contributed by atoms with Gasteiger partial charge >= 0.3 is 0 Å². The van der Waals surface area contributed by atoms with E-state index < -0.39 is 0 Å². The van der Waals surface area contributed by atoms with Gasteiger partial charge in [-0.2, -0.15) is 0 Å². The minimum absolute atomic E-state index is 0.0289. The maximum Gasteiger partial charge on any atom is 0.267 e. The van der Waals surface area contributed by atoms with Crippen molar-refractivity contribution in [2.75, 3.05) is 31.6 Å². The Morgan fingerprint density at radius 1 is 1.32 bits per heavy atom. The zero-order valence-corrected chi connectivity index (χ0v) is 14.8. The van der Waals surface area contributed by atoms with Gasteiger partial charge in [0.15, 0.2) is 11.5 Å². The normalized spacial score (nSPS) is 19.6. The Morgan fingerprint density at radius 2 is 2.16 bits per heavy atom. The summed E-state index contributed by atoms with van der Waals surface area (Å²) in [7, 11) is 0. The van der Waals surface area contributed by atoms with Crippen molar-refractivity contribution < 1.29 is 14.3 Å². The van der Waals surface area contributed by atoms with E-state index in [4.69, 9.17) is 9.47 Å². The van der Waals surface area contributed by atoms with E-state index in [1.54, 1.807) is 0 Å². The number of anilines is 1. The molecule has 1 aromatic carbocycles. The maximum absolute atomic E-state index is 12.7. The number of carbonyl (C=O) groups is 1. The molecule has 3 heterocycles. The van der Waals surface area contributed by atoms with Crippen molar-refractivity contribution >= 4 is 23.1 Å². The molecule has 132 valence electrons. The van der Waals surface area contributed by atoms with Crippen LogP contribution in [-0.2, 0) is 0 Å². The third-order valence-corrected chi connectivity index (χ3v) is 5.28. The number of aromatic nitrogens is 2. The Morgan fingerprint density at radius 3 is 2.96 bits per heavy atom. The molecule has 7 nitrogen and oxygen atoms in total. The minimum Gasteiger partial charge on any atom is -0.486 e. The molecule has 1 aromatic heterocycles. The maximum atomic E-state index is 12.7. The van der Waals surface area contributed by atoms with Crippen LogP contribution in [0.25, 0.3) is 0 Å². The van der Waals surface area contributed by atoms with Gasteiger partial charge in [-0.05, 0) is 43.4 Å². The van der Waals surface area contributed by atoms with E-state index in [2.05, 4.69) is 14.9 Å². The third-order valence-electron chi connectivity index (χ3n) is 4.47. The topological polar surface area (TPSA) is 76.6 Å². The predicted octanol–water partition coefficient (Wildman–Crippen LogP) is 2.33. The molecule has 1 saturated heterocycles. The fraction of sp³-hybridized carbons (Fsp3) is 0.471. The molecule has 0 bridgehead atoms. The molecule has 0 saturated carbocycles. The molecule has 1 amide bonds. The summed E-state index contributed by atoms with van der Waals surface area (Å²) in [5, 5.41) is 7.46. The van der Waals surface area contributed by atoms with Crippen molar-refractivity contribution in [3.63, 3.8) is 0 Å². The molecule has 2 aliphatic heterocycles. The minimum atomic E-state index is 0.0289. The van der Waals surface area contributed by atoms with Gasteiger partial charge in [-0.25, -0.2) is 0 Å². The highest BCUT2D eigenvalue weighted by Crippen LogP contribution is 2.33. The van der Waals surface area contributed by atoms with Crippen molar-refractivity contribution in [2.45, 2.75) is 25.8 Å². The average Bonchev–Trinajstić information content (AvgIpc) is 3.07. The summed E-state index contributed by atoms with van der Waals surface area (Å²) in [5.41, 5.74) is 1.69. The van der Waals surface area contributed by atoms with Crippen LogP contribution in [0.4, 0.5) is 5.69 Å². The molecular weight excluding hydrogens is 340 g/mol. The zero-order chi connectivity index (χ0) is 17.2. The lowest BCUT2D eigenvalue weighted by Crippen LogP contribution is -2.45. The highest BCUT2D eigenvalue weighted by Gasteiger charge is 2.27. The summed E-state index contributed by atoms with van der Waals surface area (Å²) < 4.78 is 15.1. The van der Waals surface area contributed by atoms with Crippen LogP contribution >= 0.6 is 11.5 Å². The van der Waals surface area contributed by atoms with Crippen LogP contribution in [-0.4, -0.2) is 52.7 Å². The first-order chi connectivity index (χ1) is 12.2. The molecule has 0 radical (unpaired) electrons. The van der Waals surface area contributed by atoms with E-state index >= 15 is 0 Å². The number of benzene rings is 1. The highest BCUT2D eigenvalue weighted by atomic mass is 32.1. The van der Waals surface area contributed by atoms with Gasteiger partial charge in [0.25, 0.3) is 5.91 Å². The lowest BCUT2D eigenvalue weighted by atomic mass is 10.0. The van der Waals surface area contributed by atoms with E-state index in [-0.39, 0.29) is 11.9 Å². The largest absolute Gasteiger partial charge is 0.486 e. The van der Waals surface area contributed by atoms with Gasteiger partial charge in [-0.1, -0.05) is 4.49 Å². The van der Waals surface area contributed by atoms with Crippen molar-refractivity contribution in [1.82, 2.24) is 14.5 Å². The molecule has 25 heavy (non-hydrogen) atoms. The average molecular weight is 360 g/mol. The monoisotopic (exact) mass is 360 g/mol. The second kappa shape index (κ2) is 6.87. The Kier molecular flexibility index (Phi) is 4.44. The van der Waals surface area contributed by atoms with E-state index in [1.165, 1.54) is 11.5 Å². The van der Waals surface area contributed by atoms with Crippen molar-refractivity contribution in [1.29, 1.82) is 0 Å². The first kappa shape index (κ1) is 16.1. The van der Waals surface area contributed by atoms with E-state index in [1.807, 2.05) is 30.0 Å². The van der Waals surface area contributed by atoms with E-state index in [0.717, 1.165) is 36.6 Å². The van der Waals surface area contributed by atoms with Crippen molar-refractivity contribution in [2.24, 2.45) is 0 Å². The number of amides is 1. The summed E-state index contributed by atoms with van der Waals surface area (Å²) >= 11 is 1.17. The molecule has 2 aliphatic rings. The van der Waals surface area contributed by atoms with Gasteiger partial charge in [-0.3, -0.25) is 4.79 Å². The van der Waals surface area contributed by atoms with Crippen LogP contribution in [0, 0.1) is 6.92 Å². The van der Waals surface area contributed by atoms with E-state index in [0.29, 0.717) is 30.3 Å². The van der Waals surface area contributed by atoms with Gasteiger partial charge in [0.2, 0.25) is 0 Å². The number of nitrogens with one attached hydrogen (secondary N) is 1. The second-order valence-corrected chi connectivity index (χ2v) is 7.03. The van der Waals surface area contributed by atoms with Crippen LogP contribution in [0.5, 0.6) is 11.5 Å². The number of hydrogen-bond acceptors (Lipinski definition) is 7. The lowest BCUT2D eigenvalue weighted by molar-refractivity contribution is 0.0719. The number of carbonyl (C=O) groups excluding carboxylic acids is 1. The standard InChI is InChI=1S/C17H20N4O3S/c1-11-16(25-20-19-11)17(22)21-6-2-3-13(10-21)18-12-4-5-14-15(9-12)24-8-7-23-14/h4-5,9,13,18H,2-3,6-8,10H2,1H3/t13-/m0/s1. The number of likely N-dealkylation sites (tertiary alicyclic amines) is 1. The van der Waals surface area contributed by atoms with Gasteiger partial charge < -0.3 is 19.7 Å². The zero-order valence-electron chi connectivity index (χ0n) is 14.0. The summed E-state index contributed by atoms with van der Waals surface area (Å²) in [6.45, 7) is 4.43. The van der Waals surface area contributed by atoms with Gasteiger partial charge in [-0.15, -0.1) is 5.10 Å². The molecule has 0 spiro atoms. The Balaban J connectivity index is 1.43. The van der Waals surface area contributed by atoms with Crippen molar-refractivity contribution in [3.8, 4) is 11.5 Å². The number of ether oxygens (including phenoxy) is 2. The van der Waals surface area contributed by atoms with Crippen LogP contribution in [0.15, 0.2) is 18.2 Å². The number of hydrogen-bond donors (Lipinski definition) is 1. The van der Waals surface area contributed by atoms with Crippen LogP contribution < -0.4 is 14.8 Å². The Labute approximate surface area is 150 Å². The first-order valence-electron chi connectivity index (χ1n) is 8.45.